The third-order valence-corrected chi connectivity index (χ3v) is 3.07. The number of allylic oxidation sites excluding steroid dienone is 1. The van der Waals surface area contributed by atoms with Crippen LogP contribution in [0.2, 0.25) is 0 Å². The zero-order chi connectivity index (χ0) is 8.48. The molecule has 1 fully saturated rings. The van der Waals surface area contributed by atoms with Crippen LogP contribution in [0.4, 0.5) is 0 Å². The van der Waals surface area contributed by atoms with Crippen LogP contribution in [0.15, 0.2) is 12.7 Å². The normalized spacial score (nSPS) is 27.8. The van der Waals surface area contributed by atoms with Crippen molar-refractivity contribution in [3.05, 3.63) is 12.7 Å². The highest BCUT2D eigenvalue weighted by molar-refractivity contribution is 6.60. The summed E-state index contributed by atoms with van der Waals surface area (Å²) in [5, 5.41) is 0. The molecule has 0 aromatic carbocycles. The van der Waals surface area contributed by atoms with Crippen LogP contribution >= 0.6 is 23.2 Å². The molecule has 1 nitrogen and oxygen atoms in total. The maximum Gasteiger partial charge on any atom is 0.179 e. The first-order valence-corrected chi connectivity index (χ1v) is 4.36. The molecule has 0 N–H and O–H groups in total. The van der Waals surface area contributed by atoms with Gasteiger partial charge in [0.1, 0.15) is 0 Å². The zero-order valence-corrected chi connectivity index (χ0v) is 7.66. The molecule has 1 aliphatic rings. The summed E-state index contributed by atoms with van der Waals surface area (Å²) < 4.78 is -1.09. The Labute approximate surface area is 76.4 Å². The number of halogens is 2. The Morgan fingerprint density at radius 3 is 2.73 bits per heavy atom. The first kappa shape index (κ1) is 9.08. The lowest BCUT2D eigenvalue weighted by molar-refractivity contribution is -0.128. The summed E-state index contributed by atoms with van der Waals surface area (Å²) in [6.45, 7) is 3.59. The summed E-state index contributed by atoms with van der Waals surface area (Å²) >= 11 is 11.5. The van der Waals surface area contributed by atoms with Gasteiger partial charge < -0.3 is 0 Å². The minimum absolute atomic E-state index is 0.0464. The minimum Gasteiger partial charge on any atom is -0.296 e. The highest BCUT2D eigenvalue weighted by Gasteiger charge is 2.51. The second kappa shape index (κ2) is 3.16. The Hall–Kier alpha value is -0.0100. The van der Waals surface area contributed by atoms with Gasteiger partial charge in [-0.1, -0.05) is 29.3 Å². The zero-order valence-electron chi connectivity index (χ0n) is 6.15. The third kappa shape index (κ3) is 1.60. The van der Waals surface area contributed by atoms with Crippen molar-refractivity contribution in [2.75, 3.05) is 0 Å². The molecule has 0 aliphatic heterocycles. The van der Waals surface area contributed by atoms with Crippen molar-refractivity contribution in [1.82, 2.24) is 0 Å². The number of carbonyl (C=O) groups excluding carboxylic acids is 1. The van der Waals surface area contributed by atoms with Crippen molar-refractivity contribution in [3.63, 3.8) is 0 Å². The number of hydrogen-bond donors (Lipinski definition) is 0. The van der Waals surface area contributed by atoms with E-state index in [1.807, 2.05) is 6.08 Å². The molecule has 0 aromatic rings. The van der Waals surface area contributed by atoms with E-state index in [4.69, 9.17) is 23.2 Å². The van der Waals surface area contributed by atoms with E-state index in [0.717, 1.165) is 12.8 Å². The molecule has 1 aliphatic carbocycles. The lowest BCUT2D eigenvalue weighted by Crippen LogP contribution is -2.47. The predicted molar refractivity (Wildman–Crippen MR) is 47.0 cm³/mol. The summed E-state index contributed by atoms with van der Waals surface area (Å²) in [6, 6.07) is 0. The summed E-state index contributed by atoms with van der Waals surface area (Å²) in [4.78, 5) is 10.8. The number of alkyl halides is 2. The Kier molecular flexibility index (Phi) is 2.61. The van der Waals surface area contributed by atoms with Crippen LogP contribution in [0, 0.1) is 5.92 Å². The summed E-state index contributed by atoms with van der Waals surface area (Å²) in [7, 11) is 0. The molecular weight excluding hydrogens is 183 g/mol. The van der Waals surface area contributed by atoms with Crippen molar-refractivity contribution in [2.45, 2.75) is 23.6 Å². The van der Waals surface area contributed by atoms with Crippen LogP contribution in [0.3, 0.4) is 0 Å². The first-order valence-electron chi connectivity index (χ1n) is 3.61. The number of hydrogen-bond acceptors (Lipinski definition) is 1. The van der Waals surface area contributed by atoms with Gasteiger partial charge in [0.2, 0.25) is 0 Å². The molecule has 0 amide bonds. The van der Waals surface area contributed by atoms with Crippen molar-refractivity contribution in [2.24, 2.45) is 5.92 Å². The fraction of sp³-hybridized carbons (Fsp3) is 0.625. The summed E-state index contributed by atoms with van der Waals surface area (Å²) in [5.41, 5.74) is 0. The Balaban J connectivity index is 2.40. The minimum atomic E-state index is -1.09. The number of rotatable bonds is 3. The molecule has 62 valence electrons. The van der Waals surface area contributed by atoms with Gasteiger partial charge in [0.15, 0.2) is 10.1 Å². The van der Waals surface area contributed by atoms with Crippen molar-refractivity contribution in [3.8, 4) is 0 Å². The average Bonchev–Trinajstić information content (AvgIpc) is 1.97. The lowest BCUT2D eigenvalue weighted by Gasteiger charge is -2.37. The molecule has 11 heavy (non-hydrogen) atoms. The number of carbonyl (C=O) groups is 1. The summed E-state index contributed by atoms with van der Waals surface area (Å²) in [6.07, 6.45) is 4.08. The fourth-order valence-electron chi connectivity index (χ4n) is 1.19. The quantitative estimate of drug-likeness (QED) is 0.497. The molecule has 3 heteroatoms. The van der Waals surface area contributed by atoms with Crippen molar-refractivity contribution in [1.29, 1.82) is 0 Å². The molecule has 0 heterocycles. The third-order valence-electron chi connectivity index (χ3n) is 2.04. The standard InChI is InChI=1S/C8H10Cl2O/c1-2-3-4-6-5-7(11)8(6,9)10/h2,6H,1,3-5H2. The van der Waals surface area contributed by atoms with Crippen LogP contribution in [-0.4, -0.2) is 10.1 Å². The predicted octanol–water partition coefficient (Wildman–Crippen LogP) is 2.72. The monoisotopic (exact) mass is 192 g/mol. The molecule has 1 atom stereocenters. The topological polar surface area (TPSA) is 17.1 Å². The van der Waals surface area contributed by atoms with Crippen LogP contribution < -0.4 is 0 Å². The molecular formula is C8H10Cl2O. The van der Waals surface area contributed by atoms with E-state index in [-0.39, 0.29) is 11.7 Å². The van der Waals surface area contributed by atoms with E-state index in [9.17, 15) is 4.79 Å². The Morgan fingerprint density at radius 2 is 2.36 bits per heavy atom. The number of ketones is 1. The molecule has 0 aromatic heterocycles. The second-order valence-electron chi connectivity index (χ2n) is 2.81. The van der Waals surface area contributed by atoms with Gasteiger partial charge in [-0.05, 0) is 12.8 Å². The van der Waals surface area contributed by atoms with Gasteiger partial charge in [0, 0.05) is 12.3 Å². The van der Waals surface area contributed by atoms with Crippen LogP contribution in [0.25, 0.3) is 0 Å². The van der Waals surface area contributed by atoms with Crippen LogP contribution in [0.1, 0.15) is 19.3 Å². The van der Waals surface area contributed by atoms with Crippen molar-refractivity contribution < 1.29 is 4.79 Å². The largest absolute Gasteiger partial charge is 0.296 e. The van der Waals surface area contributed by atoms with Gasteiger partial charge in [-0.2, -0.15) is 0 Å². The van der Waals surface area contributed by atoms with E-state index < -0.39 is 4.33 Å². The van der Waals surface area contributed by atoms with Crippen LogP contribution in [0.5, 0.6) is 0 Å². The molecule has 0 spiro atoms. The van der Waals surface area contributed by atoms with Gasteiger partial charge in [-0.25, -0.2) is 0 Å². The van der Waals surface area contributed by atoms with E-state index >= 15 is 0 Å². The maximum atomic E-state index is 10.8. The van der Waals surface area contributed by atoms with Gasteiger partial charge >= 0.3 is 0 Å². The smallest absolute Gasteiger partial charge is 0.179 e. The van der Waals surface area contributed by atoms with Crippen LogP contribution in [-0.2, 0) is 4.79 Å². The van der Waals surface area contributed by atoms with Gasteiger partial charge in [-0.3, -0.25) is 4.79 Å². The molecule has 0 saturated heterocycles. The van der Waals surface area contributed by atoms with Gasteiger partial charge in [0.05, 0.1) is 0 Å². The van der Waals surface area contributed by atoms with Gasteiger partial charge in [-0.15, -0.1) is 6.58 Å². The fourth-order valence-corrected chi connectivity index (χ4v) is 1.71. The highest BCUT2D eigenvalue weighted by Crippen LogP contribution is 2.46. The molecule has 1 unspecified atom stereocenters. The van der Waals surface area contributed by atoms with E-state index in [2.05, 4.69) is 6.58 Å². The second-order valence-corrected chi connectivity index (χ2v) is 4.20. The molecule has 1 rings (SSSR count). The first-order chi connectivity index (χ1) is 5.09. The van der Waals surface area contributed by atoms with E-state index in [1.165, 1.54) is 0 Å². The maximum absolute atomic E-state index is 10.8. The van der Waals surface area contributed by atoms with Gasteiger partial charge in [0.25, 0.3) is 0 Å². The average molecular weight is 193 g/mol. The Morgan fingerprint density at radius 1 is 1.73 bits per heavy atom. The van der Waals surface area contributed by atoms with E-state index in [0.29, 0.717) is 6.42 Å². The van der Waals surface area contributed by atoms with Crippen molar-refractivity contribution >= 4 is 29.0 Å². The van der Waals surface area contributed by atoms with E-state index in [1.54, 1.807) is 0 Å². The lowest BCUT2D eigenvalue weighted by atomic mass is 9.79. The molecule has 0 radical (unpaired) electrons. The Bertz CT molecular complexity index is 187. The number of Topliss-reactive ketones (excluding diaryl/α,β-unsaturated/α-hetero) is 1. The summed E-state index contributed by atoms with van der Waals surface area (Å²) in [5.74, 6) is 0.0891. The highest BCUT2D eigenvalue weighted by atomic mass is 35.5. The SMILES string of the molecule is C=CCCC1CC(=O)C1(Cl)Cl. The molecule has 1 saturated carbocycles. The molecule has 0 bridgehead atoms.